The Balaban J connectivity index is 1.90. The number of ether oxygens (including phenoxy) is 1. The summed E-state index contributed by atoms with van der Waals surface area (Å²) < 4.78 is 7.43. The summed E-state index contributed by atoms with van der Waals surface area (Å²) in [6.45, 7) is 9.85. The fourth-order valence-corrected chi connectivity index (χ4v) is 3.98. The van der Waals surface area contributed by atoms with Gasteiger partial charge in [0, 0.05) is 43.3 Å². The summed E-state index contributed by atoms with van der Waals surface area (Å²) in [6.07, 6.45) is 1.42. The van der Waals surface area contributed by atoms with E-state index in [9.17, 15) is 14.4 Å². The van der Waals surface area contributed by atoms with Crippen LogP contribution in [-0.2, 0) is 20.9 Å². The van der Waals surface area contributed by atoms with Crippen LogP contribution in [0.25, 0.3) is 10.9 Å². The fraction of sp³-hybridized carbons (Fsp3) is 0.500. The molecule has 0 bridgehead atoms. The number of carbonyl (C=O) groups excluding carboxylic acids is 3. The van der Waals surface area contributed by atoms with Crippen molar-refractivity contribution in [3.05, 3.63) is 36.0 Å². The zero-order valence-electron chi connectivity index (χ0n) is 17.6. The molecule has 2 heterocycles. The molecule has 156 valence electrons. The van der Waals surface area contributed by atoms with Gasteiger partial charge in [0.05, 0.1) is 17.8 Å². The van der Waals surface area contributed by atoms with Crippen LogP contribution in [-0.4, -0.2) is 70.4 Å². The van der Waals surface area contributed by atoms with Crippen molar-refractivity contribution < 1.29 is 19.1 Å². The fourth-order valence-electron chi connectivity index (χ4n) is 3.98. The molecule has 0 saturated carbocycles. The Bertz CT molecular complexity index is 906. The zero-order valence-corrected chi connectivity index (χ0v) is 17.6. The minimum atomic E-state index is -0.545. The van der Waals surface area contributed by atoms with Crippen LogP contribution in [0.1, 0.15) is 38.1 Å². The van der Waals surface area contributed by atoms with Crippen molar-refractivity contribution in [2.24, 2.45) is 0 Å². The monoisotopic (exact) mass is 399 g/mol. The average Bonchev–Trinajstić information content (AvgIpc) is 3.05. The van der Waals surface area contributed by atoms with Gasteiger partial charge in [0.25, 0.3) is 11.7 Å². The van der Waals surface area contributed by atoms with Gasteiger partial charge in [-0.3, -0.25) is 14.4 Å². The van der Waals surface area contributed by atoms with Crippen LogP contribution < -0.4 is 0 Å². The average molecular weight is 399 g/mol. The van der Waals surface area contributed by atoms with Gasteiger partial charge in [-0.25, -0.2) is 0 Å². The predicted molar refractivity (Wildman–Crippen MR) is 111 cm³/mol. The van der Waals surface area contributed by atoms with Crippen molar-refractivity contribution in [2.45, 2.75) is 46.4 Å². The Morgan fingerprint density at radius 3 is 2.31 bits per heavy atom. The summed E-state index contributed by atoms with van der Waals surface area (Å²) in [5, 5.41) is 0.688. The number of Topliss-reactive ketones (excluding diaryl/α,β-unsaturated/α-hetero) is 1. The number of benzene rings is 1. The lowest BCUT2D eigenvalue weighted by molar-refractivity contribution is -0.138. The normalized spacial score (nSPS) is 19.4. The van der Waals surface area contributed by atoms with Crippen LogP contribution in [0.3, 0.4) is 0 Å². The second-order valence-corrected chi connectivity index (χ2v) is 7.55. The quantitative estimate of drug-likeness (QED) is 0.552. The molecule has 0 spiro atoms. The van der Waals surface area contributed by atoms with Crippen molar-refractivity contribution >= 4 is 28.5 Å². The number of hydrogen-bond donors (Lipinski definition) is 0. The van der Waals surface area contributed by atoms with E-state index in [2.05, 4.69) is 0 Å². The molecule has 1 saturated heterocycles. The molecule has 29 heavy (non-hydrogen) atoms. The van der Waals surface area contributed by atoms with Gasteiger partial charge >= 0.3 is 0 Å². The Morgan fingerprint density at radius 1 is 1.07 bits per heavy atom. The highest BCUT2D eigenvalue weighted by Gasteiger charge is 2.31. The first-order valence-corrected chi connectivity index (χ1v) is 10.2. The number of para-hydroxylation sites is 1. The number of aromatic nitrogens is 1. The number of rotatable bonds is 6. The van der Waals surface area contributed by atoms with Gasteiger partial charge in [-0.1, -0.05) is 18.2 Å². The molecular weight excluding hydrogens is 370 g/mol. The van der Waals surface area contributed by atoms with Crippen LogP contribution in [0.2, 0.25) is 0 Å². The Kier molecular flexibility index (Phi) is 6.37. The standard InChI is InChI=1S/C22H29N3O4/c1-5-23(6-2)20(26)14-24-13-18(17-9-7-8-10-19(17)24)21(27)22(28)25-11-15(3)29-16(4)12-25/h7-10,13,15-16H,5-6,11-12,14H2,1-4H3/t15-,16-/m1/s1. The maximum atomic E-state index is 13.1. The number of ketones is 1. The SMILES string of the molecule is CCN(CC)C(=O)Cn1cc(C(=O)C(=O)N2C[C@@H](C)O[C@H](C)C2)c2ccccc21. The molecule has 0 N–H and O–H groups in total. The topological polar surface area (TPSA) is 71.9 Å². The molecule has 1 aliphatic heterocycles. The first-order chi connectivity index (χ1) is 13.8. The first kappa shape index (κ1) is 21.0. The van der Waals surface area contributed by atoms with Crippen LogP contribution in [0, 0.1) is 0 Å². The number of fused-ring (bicyclic) bond motifs is 1. The number of morpholine rings is 1. The van der Waals surface area contributed by atoms with Crippen LogP contribution >= 0.6 is 0 Å². The minimum Gasteiger partial charge on any atom is -0.372 e. The van der Waals surface area contributed by atoms with Gasteiger partial charge in [0.2, 0.25) is 5.91 Å². The smallest absolute Gasteiger partial charge is 0.295 e. The van der Waals surface area contributed by atoms with E-state index in [1.54, 1.807) is 20.6 Å². The number of carbonyl (C=O) groups is 3. The number of nitrogens with zero attached hydrogens (tertiary/aromatic N) is 3. The first-order valence-electron chi connectivity index (χ1n) is 10.2. The van der Waals surface area contributed by atoms with Gasteiger partial charge in [-0.05, 0) is 33.8 Å². The lowest BCUT2D eigenvalue weighted by atomic mass is 10.1. The molecule has 2 atom stereocenters. The molecule has 1 aromatic heterocycles. The van der Waals surface area contributed by atoms with E-state index < -0.39 is 11.7 Å². The van der Waals surface area contributed by atoms with E-state index in [1.807, 2.05) is 52.0 Å². The van der Waals surface area contributed by atoms with Crippen LogP contribution in [0.5, 0.6) is 0 Å². The van der Waals surface area contributed by atoms with E-state index in [0.717, 1.165) is 5.52 Å². The molecule has 7 heteroatoms. The second kappa shape index (κ2) is 8.78. The molecule has 2 amide bonds. The number of amides is 2. The maximum Gasteiger partial charge on any atom is 0.295 e. The molecule has 0 radical (unpaired) electrons. The third-order valence-electron chi connectivity index (χ3n) is 5.36. The van der Waals surface area contributed by atoms with Gasteiger partial charge in [0.1, 0.15) is 6.54 Å². The number of likely N-dealkylation sites (N-methyl/N-ethyl adjacent to an activating group) is 1. The molecule has 3 rings (SSSR count). The molecule has 0 unspecified atom stereocenters. The molecule has 0 aliphatic carbocycles. The van der Waals surface area contributed by atoms with E-state index in [1.165, 1.54) is 0 Å². The van der Waals surface area contributed by atoms with Gasteiger partial charge in [-0.15, -0.1) is 0 Å². The molecule has 1 fully saturated rings. The Morgan fingerprint density at radius 2 is 1.69 bits per heavy atom. The second-order valence-electron chi connectivity index (χ2n) is 7.55. The Hall–Kier alpha value is -2.67. The predicted octanol–water partition coefficient (Wildman–Crippen LogP) is 2.33. The van der Waals surface area contributed by atoms with E-state index >= 15 is 0 Å². The van der Waals surface area contributed by atoms with E-state index in [-0.39, 0.29) is 24.7 Å². The van der Waals surface area contributed by atoms with Crippen molar-refractivity contribution in [3.63, 3.8) is 0 Å². The van der Waals surface area contributed by atoms with Crippen molar-refractivity contribution in [1.29, 1.82) is 0 Å². The number of hydrogen-bond acceptors (Lipinski definition) is 4. The highest BCUT2D eigenvalue weighted by atomic mass is 16.5. The van der Waals surface area contributed by atoms with Gasteiger partial charge in [-0.2, -0.15) is 0 Å². The van der Waals surface area contributed by atoms with Crippen molar-refractivity contribution in [2.75, 3.05) is 26.2 Å². The lowest BCUT2D eigenvalue weighted by Gasteiger charge is -2.34. The van der Waals surface area contributed by atoms with E-state index in [0.29, 0.717) is 37.1 Å². The third-order valence-corrected chi connectivity index (χ3v) is 5.36. The summed E-state index contributed by atoms with van der Waals surface area (Å²) in [4.78, 5) is 41.9. The highest BCUT2D eigenvalue weighted by Crippen LogP contribution is 2.23. The van der Waals surface area contributed by atoms with E-state index in [4.69, 9.17) is 4.74 Å². The Labute approximate surface area is 171 Å². The van der Waals surface area contributed by atoms with Crippen molar-refractivity contribution in [1.82, 2.24) is 14.4 Å². The molecule has 1 aromatic carbocycles. The molecular formula is C22H29N3O4. The summed E-state index contributed by atoms with van der Waals surface area (Å²) in [5.41, 5.74) is 1.11. The van der Waals surface area contributed by atoms with Gasteiger partial charge in [0.15, 0.2) is 0 Å². The maximum absolute atomic E-state index is 13.1. The van der Waals surface area contributed by atoms with Crippen molar-refractivity contribution in [3.8, 4) is 0 Å². The summed E-state index contributed by atoms with van der Waals surface area (Å²) in [6, 6.07) is 7.38. The van der Waals surface area contributed by atoms with Gasteiger partial charge < -0.3 is 19.1 Å². The van der Waals surface area contributed by atoms with Crippen LogP contribution in [0.15, 0.2) is 30.5 Å². The largest absolute Gasteiger partial charge is 0.372 e. The lowest BCUT2D eigenvalue weighted by Crippen LogP contribution is -2.50. The molecule has 7 nitrogen and oxygen atoms in total. The molecule has 1 aliphatic rings. The zero-order chi connectivity index (χ0) is 21.1. The third kappa shape index (κ3) is 4.34. The summed E-state index contributed by atoms with van der Waals surface area (Å²) >= 11 is 0. The minimum absolute atomic E-state index is 0.0168. The summed E-state index contributed by atoms with van der Waals surface area (Å²) in [5.74, 6) is -1.08. The summed E-state index contributed by atoms with van der Waals surface area (Å²) in [7, 11) is 0. The molecule has 2 aromatic rings. The van der Waals surface area contributed by atoms with Crippen LogP contribution in [0.4, 0.5) is 0 Å². The highest BCUT2D eigenvalue weighted by molar-refractivity contribution is 6.44.